The molecule has 0 saturated carbocycles. The van der Waals surface area contributed by atoms with Gasteiger partial charge in [0.05, 0.1) is 0 Å². The lowest BCUT2D eigenvalue weighted by Gasteiger charge is -2.28. The Morgan fingerprint density at radius 1 is 1.03 bits per heavy atom. The Morgan fingerprint density at radius 3 is 2.66 bits per heavy atom. The highest BCUT2D eigenvalue weighted by molar-refractivity contribution is 5.80. The first-order valence-electron chi connectivity index (χ1n) is 10.9. The third-order valence-electron chi connectivity index (χ3n) is 6.03. The van der Waals surface area contributed by atoms with Gasteiger partial charge in [-0.05, 0) is 42.5 Å². The van der Waals surface area contributed by atoms with E-state index < -0.39 is 0 Å². The molecule has 0 aromatic heterocycles. The number of para-hydroxylation sites is 1. The third-order valence-corrected chi connectivity index (χ3v) is 6.03. The van der Waals surface area contributed by atoms with E-state index in [0.29, 0.717) is 6.04 Å². The molecule has 154 valence electrons. The van der Waals surface area contributed by atoms with Gasteiger partial charge in [-0.3, -0.25) is 9.89 Å². The van der Waals surface area contributed by atoms with Crippen LogP contribution in [-0.4, -0.2) is 56.7 Å². The number of nitrogens with zero attached hydrogens (tertiary/aromatic N) is 3. The summed E-state index contributed by atoms with van der Waals surface area (Å²) in [6.07, 6.45) is 3.44. The average molecular weight is 392 g/mol. The van der Waals surface area contributed by atoms with Gasteiger partial charge in [-0.1, -0.05) is 42.5 Å². The van der Waals surface area contributed by atoms with Gasteiger partial charge >= 0.3 is 0 Å². The fraction of sp³-hybridized carbons (Fsp3) is 0.458. The maximum absolute atomic E-state index is 4.43. The number of fused-ring (bicyclic) bond motifs is 1. The predicted molar refractivity (Wildman–Crippen MR) is 122 cm³/mol. The molecule has 0 radical (unpaired) electrons. The van der Waals surface area contributed by atoms with Crippen molar-refractivity contribution in [2.75, 3.05) is 44.7 Å². The number of benzene rings is 2. The second kappa shape index (κ2) is 9.79. The van der Waals surface area contributed by atoms with Crippen LogP contribution in [0.2, 0.25) is 0 Å². The van der Waals surface area contributed by atoms with Crippen molar-refractivity contribution in [3.05, 3.63) is 65.7 Å². The molecule has 5 nitrogen and oxygen atoms in total. The van der Waals surface area contributed by atoms with Gasteiger partial charge in [-0.15, -0.1) is 0 Å². The van der Waals surface area contributed by atoms with E-state index >= 15 is 0 Å². The summed E-state index contributed by atoms with van der Waals surface area (Å²) in [6.45, 7) is 6.45. The van der Waals surface area contributed by atoms with Gasteiger partial charge in [0.15, 0.2) is 5.96 Å². The standard InChI is InChI=1S/C24H33N5/c1-25-24(27-22-13-17-29(19-22)23-10-3-2-4-11-23)26-14-7-15-28-16-12-20-8-5-6-9-21(20)18-28/h2-6,8-11,22H,7,12-19H2,1H3,(H2,25,26,27). The Bertz CT molecular complexity index is 804. The Kier molecular flexibility index (Phi) is 6.67. The van der Waals surface area contributed by atoms with E-state index in [4.69, 9.17) is 0 Å². The van der Waals surface area contributed by atoms with E-state index in [9.17, 15) is 0 Å². The molecule has 2 heterocycles. The van der Waals surface area contributed by atoms with Crippen molar-refractivity contribution in [1.82, 2.24) is 15.5 Å². The van der Waals surface area contributed by atoms with Gasteiger partial charge in [0.25, 0.3) is 0 Å². The molecule has 2 N–H and O–H groups in total. The van der Waals surface area contributed by atoms with Crippen molar-refractivity contribution < 1.29 is 0 Å². The number of rotatable bonds is 6. The van der Waals surface area contributed by atoms with E-state index in [2.05, 4.69) is 80.0 Å². The molecule has 0 bridgehead atoms. The Balaban J connectivity index is 1.16. The van der Waals surface area contributed by atoms with Crippen molar-refractivity contribution in [3.8, 4) is 0 Å². The molecule has 1 fully saturated rings. The average Bonchev–Trinajstić information content (AvgIpc) is 3.25. The highest BCUT2D eigenvalue weighted by Crippen LogP contribution is 2.20. The van der Waals surface area contributed by atoms with Gasteiger partial charge in [-0.25, -0.2) is 0 Å². The zero-order chi connectivity index (χ0) is 19.9. The number of hydrogen-bond acceptors (Lipinski definition) is 3. The highest BCUT2D eigenvalue weighted by atomic mass is 15.2. The van der Waals surface area contributed by atoms with E-state index in [1.54, 1.807) is 0 Å². The maximum atomic E-state index is 4.43. The number of aliphatic imine (C=N–C) groups is 1. The van der Waals surface area contributed by atoms with Gasteiger partial charge < -0.3 is 15.5 Å². The summed E-state index contributed by atoms with van der Waals surface area (Å²) in [5.74, 6) is 0.925. The zero-order valence-electron chi connectivity index (χ0n) is 17.5. The predicted octanol–water partition coefficient (Wildman–Crippen LogP) is 2.88. The van der Waals surface area contributed by atoms with E-state index in [1.165, 1.54) is 29.8 Å². The molecule has 1 saturated heterocycles. The number of anilines is 1. The molecule has 2 aromatic carbocycles. The number of guanidine groups is 1. The van der Waals surface area contributed by atoms with Crippen molar-refractivity contribution in [3.63, 3.8) is 0 Å². The molecule has 1 atom stereocenters. The van der Waals surface area contributed by atoms with Crippen molar-refractivity contribution in [2.45, 2.75) is 31.8 Å². The van der Waals surface area contributed by atoms with Crippen LogP contribution in [0, 0.1) is 0 Å². The van der Waals surface area contributed by atoms with Crippen molar-refractivity contribution in [2.24, 2.45) is 4.99 Å². The monoisotopic (exact) mass is 391 g/mol. The Hall–Kier alpha value is -2.53. The quantitative estimate of drug-likeness (QED) is 0.451. The van der Waals surface area contributed by atoms with E-state index in [0.717, 1.165) is 51.5 Å². The summed E-state index contributed by atoms with van der Waals surface area (Å²) in [7, 11) is 1.86. The lowest BCUT2D eigenvalue weighted by atomic mass is 10.00. The minimum Gasteiger partial charge on any atom is -0.369 e. The summed E-state index contributed by atoms with van der Waals surface area (Å²) in [5.41, 5.74) is 4.32. The Labute approximate surface area is 174 Å². The minimum absolute atomic E-state index is 0.444. The van der Waals surface area contributed by atoms with Gasteiger partial charge in [0, 0.05) is 58.0 Å². The molecule has 29 heavy (non-hydrogen) atoms. The first kappa shape index (κ1) is 19.8. The van der Waals surface area contributed by atoms with E-state index in [1.807, 2.05) is 7.05 Å². The van der Waals surface area contributed by atoms with Crippen LogP contribution in [0.1, 0.15) is 24.0 Å². The fourth-order valence-corrected chi connectivity index (χ4v) is 4.39. The summed E-state index contributed by atoms with van der Waals surface area (Å²) >= 11 is 0. The molecular formula is C24H33N5. The van der Waals surface area contributed by atoms with Gasteiger partial charge in [0.1, 0.15) is 0 Å². The van der Waals surface area contributed by atoms with E-state index in [-0.39, 0.29) is 0 Å². The SMILES string of the molecule is CN=C(NCCCN1CCc2ccccc2C1)NC1CCN(c2ccccc2)C1. The lowest BCUT2D eigenvalue weighted by Crippen LogP contribution is -2.45. The second-order valence-electron chi connectivity index (χ2n) is 8.06. The van der Waals surface area contributed by atoms with Crippen LogP contribution in [0.15, 0.2) is 59.6 Å². The molecule has 5 heteroatoms. The summed E-state index contributed by atoms with van der Waals surface area (Å²) in [6, 6.07) is 20.0. The molecule has 2 aliphatic rings. The van der Waals surface area contributed by atoms with Crippen LogP contribution < -0.4 is 15.5 Å². The normalized spacial score (nSPS) is 19.8. The highest BCUT2D eigenvalue weighted by Gasteiger charge is 2.23. The van der Waals surface area contributed by atoms with Crippen LogP contribution in [0.3, 0.4) is 0 Å². The Morgan fingerprint density at radius 2 is 1.83 bits per heavy atom. The molecular weight excluding hydrogens is 358 g/mol. The molecule has 2 aromatic rings. The van der Waals surface area contributed by atoms with Crippen LogP contribution in [-0.2, 0) is 13.0 Å². The molecule has 4 rings (SSSR count). The summed E-state index contributed by atoms with van der Waals surface area (Å²) in [4.78, 5) is 9.43. The summed E-state index contributed by atoms with van der Waals surface area (Å²) in [5, 5.41) is 7.10. The van der Waals surface area contributed by atoms with Crippen LogP contribution in [0.25, 0.3) is 0 Å². The minimum atomic E-state index is 0.444. The first-order valence-corrected chi connectivity index (χ1v) is 10.9. The smallest absolute Gasteiger partial charge is 0.191 e. The number of nitrogens with one attached hydrogen (secondary N) is 2. The molecule has 1 unspecified atom stereocenters. The van der Waals surface area contributed by atoms with Crippen molar-refractivity contribution >= 4 is 11.6 Å². The topological polar surface area (TPSA) is 42.9 Å². The molecule has 0 aliphatic carbocycles. The fourth-order valence-electron chi connectivity index (χ4n) is 4.39. The largest absolute Gasteiger partial charge is 0.369 e. The van der Waals surface area contributed by atoms with Gasteiger partial charge in [0.2, 0.25) is 0 Å². The number of hydrogen-bond donors (Lipinski definition) is 2. The first-order chi connectivity index (χ1) is 14.3. The molecule has 0 spiro atoms. The second-order valence-corrected chi connectivity index (χ2v) is 8.06. The molecule has 2 aliphatic heterocycles. The maximum Gasteiger partial charge on any atom is 0.191 e. The van der Waals surface area contributed by atoms with Crippen LogP contribution in [0.4, 0.5) is 5.69 Å². The van der Waals surface area contributed by atoms with Gasteiger partial charge in [-0.2, -0.15) is 0 Å². The molecule has 0 amide bonds. The van der Waals surface area contributed by atoms with Crippen molar-refractivity contribution in [1.29, 1.82) is 0 Å². The lowest BCUT2D eigenvalue weighted by molar-refractivity contribution is 0.251. The zero-order valence-corrected chi connectivity index (χ0v) is 17.5. The summed E-state index contributed by atoms with van der Waals surface area (Å²) < 4.78 is 0. The van der Waals surface area contributed by atoms with Crippen LogP contribution >= 0.6 is 0 Å². The third kappa shape index (κ3) is 5.30. The van der Waals surface area contributed by atoms with Crippen LogP contribution in [0.5, 0.6) is 0 Å².